The quantitative estimate of drug-likeness (QED) is 0.623. The third kappa shape index (κ3) is 5.68. The van der Waals surface area contributed by atoms with Gasteiger partial charge in [-0.25, -0.2) is 4.39 Å². The molecule has 0 aromatic heterocycles. The lowest BCUT2D eigenvalue weighted by Crippen LogP contribution is -2.59. The number of nitrogens with zero attached hydrogens (tertiary/aromatic N) is 2. The normalized spacial score (nSPS) is 22.3. The van der Waals surface area contributed by atoms with Crippen LogP contribution in [0, 0.1) is 12.7 Å². The Morgan fingerprint density at radius 3 is 2.50 bits per heavy atom. The van der Waals surface area contributed by atoms with Crippen molar-refractivity contribution in [1.82, 2.24) is 15.5 Å². The maximum atomic E-state index is 13.7. The van der Waals surface area contributed by atoms with Gasteiger partial charge in [0.2, 0.25) is 0 Å². The van der Waals surface area contributed by atoms with Crippen LogP contribution in [0.2, 0.25) is 0 Å². The van der Waals surface area contributed by atoms with E-state index < -0.39 is 0 Å². The molecule has 1 heterocycles. The lowest BCUT2D eigenvalue weighted by Gasteiger charge is -2.45. The van der Waals surface area contributed by atoms with Gasteiger partial charge in [0.15, 0.2) is 5.96 Å². The topological polar surface area (TPSA) is 48.9 Å². The first kappa shape index (κ1) is 20.6. The van der Waals surface area contributed by atoms with Crippen molar-refractivity contribution in [3.8, 4) is 0 Å². The maximum absolute atomic E-state index is 13.7. The summed E-state index contributed by atoms with van der Waals surface area (Å²) < 4.78 is 19.5. The molecule has 0 bridgehead atoms. The fourth-order valence-corrected chi connectivity index (χ4v) is 3.24. The number of aliphatic imine (C=N–C) groups is 1. The van der Waals surface area contributed by atoms with Crippen LogP contribution in [-0.2, 0) is 11.3 Å². The van der Waals surface area contributed by atoms with Gasteiger partial charge in [-0.3, -0.25) is 9.89 Å². The summed E-state index contributed by atoms with van der Waals surface area (Å²) >= 11 is 0. The first-order chi connectivity index (χ1) is 12.2. The zero-order chi connectivity index (χ0) is 19.3. The SMILES string of the molecule is CN=C(NCc1ccc(C)c(F)c1)NCC(C)(C)N1CC(C)OC(C)C1. The summed E-state index contributed by atoms with van der Waals surface area (Å²) in [7, 11) is 1.75. The Morgan fingerprint density at radius 1 is 1.27 bits per heavy atom. The van der Waals surface area contributed by atoms with Crippen LogP contribution in [-0.4, -0.2) is 55.3 Å². The number of ether oxygens (including phenoxy) is 1. The zero-order valence-corrected chi connectivity index (χ0v) is 16.9. The molecule has 1 aromatic carbocycles. The molecule has 1 saturated heterocycles. The van der Waals surface area contributed by atoms with E-state index in [0.29, 0.717) is 18.1 Å². The Labute approximate surface area is 157 Å². The molecule has 6 heteroatoms. The molecule has 5 nitrogen and oxygen atoms in total. The Hall–Kier alpha value is -1.66. The Morgan fingerprint density at radius 2 is 1.92 bits per heavy atom. The summed E-state index contributed by atoms with van der Waals surface area (Å²) in [6.45, 7) is 13.6. The van der Waals surface area contributed by atoms with Crippen molar-refractivity contribution in [1.29, 1.82) is 0 Å². The van der Waals surface area contributed by atoms with Crippen LogP contribution in [0.1, 0.15) is 38.8 Å². The number of hydrogen-bond donors (Lipinski definition) is 2. The molecule has 1 fully saturated rings. The summed E-state index contributed by atoms with van der Waals surface area (Å²) in [5.41, 5.74) is 1.53. The van der Waals surface area contributed by atoms with Gasteiger partial charge in [-0.2, -0.15) is 0 Å². The molecule has 0 aliphatic carbocycles. The lowest BCUT2D eigenvalue weighted by atomic mass is 10.00. The van der Waals surface area contributed by atoms with E-state index in [2.05, 4.69) is 48.2 Å². The van der Waals surface area contributed by atoms with Crippen molar-refractivity contribution < 1.29 is 9.13 Å². The summed E-state index contributed by atoms with van der Waals surface area (Å²) in [6, 6.07) is 5.29. The molecule has 1 aliphatic heterocycles. The molecular weight excluding hydrogens is 331 g/mol. The summed E-state index contributed by atoms with van der Waals surface area (Å²) in [5.74, 6) is 0.539. The maximum Gasteiger partial charge on any atom is 0.191 e. The highest BCUT2D eigenvalue weighted by atomic mass is 19.1. The van der Waals surface area contributed by atoms with E-state index in [4.69, 9.17) is 4.74 Å². The first-order valence-corrected chi connectivity index (χ1v) is 9.31. The van der Waals surface area contributed by atoms with Crippen LogP contribution in [0.3, 0.4) is 0 Å². The van der Waals surface area contributed by atoms with Gasteiger partial charge in [0.1, 0.15) is 5.82 Å². The van der Waals surface area contributed by atoms with E-state index in [1.54, 1.807) is 26.1 Å². The van der Waals surface area contributed by atoms with Crippen LogP contribution < -0.4 is 10.6 Å². The number of hydrogen-bond acceptors (Lipinski definition) is 3. The Bertz CT molecular complexity index is 622. The zero-order valence-electron chi connectivity index (χ0n) is 16.9. The number of rotatable bonds is 5. The van der Waals surface area contributed by atoms with Crippen LogP contribution >= 0.6 is 0 Å². The summed E-state index contributed by atoms with van der Waals surface area (Å²) in [5, 5.41) is 6.65. The van der Waals surface area contributed by atoms with Crippen molar-refractivity contribution in [3.05, 3.63) is 35.1 Å². The number of halogens is 1. The predicted molar refractivity (Wildman–Crippen MR) is 105 cm³/mol. The van der Waals surface area contributed by atoms with Gasteiger partial charge in [-0.15, -0.1) is 0 Å². The van der Waals surface area contributed by atoms with Gasteiger partial charge in [-0.05, 0) is 51.8 Å². The van der Waals surface area contributed by atoms with E-state index >= 15 is 0 Å². The largest absolute Gasteiger partial charge is 0.373 e. The van der Waals surface area contributed by atoms with Gasteiger partial charge in [-0.1, -0.05) is 12.1 Å². The van der Waals surface area contributed by atoms with Crippen molar-refractivity contribution in [2.75, 3.05) is 26.7 Å². The minimum Gasteiger partial charge on any atom is -0.373 e. The Balaban J connectivity index is 1.88. The molecule has 0 radical (unpaired) electrons. The van der Waals surface area contributed by atoms with E-state index in [1.807, 2.05) is 6.07 Å². The van der Waals surface area contributed by atoms with Crippen LogP contribution in [0.15, 0.2) is 23.2 Å². The molecule has 1 aromatic rings. The molecule has 2 N–H and O–H groups in total. The average molecular weight is 365 g/mol. The molecule has 26 heavy (non-hydrogen) atoms. The first-order valence-electron chi connectivity index (χ1n) is 9.31. The van der Waals surface area contributed by atoms with E-state index in [0.717, 1.165) is 25.2 Å². The molecule has 2 atom stereocenters. The second-order valence-corrected chi connectivity index (χ2v) is 7.84. The van der Waals surface area contributed by atoms with Gasteiger partial charge >= 0.3 is 0 Å². The number of nitrogens with one attached hydrogen (secondary N) is 2. The fourth-order valence-electron chi connectivity index (χ4n) is 3.24. The fraction of sp³-hybridized carbons (Fsp3) is 0.650. The van der Waals surface area contributed by atoms with E-state index in [-0.39, 0.29) is 23.6 Å². The number of benzene rings is 1. The highest BCUT2D eigenvalue weighted by Crippen LogP contribution is 2.20. The average Bonchev–Trinajstić information content (AvgIpc) is 2.57. The molecule has 0 spiro atoms. The summed E-state index contributed by atoms with van der Waals surface area (Å²) in [6.07, 6.45) is 0.485. The molecule has 2 rings (SSSR count). The molecular formula is C20H33FN4O. The minimum absolute atomic E-state index is 0.0279. The third-order valence-corrected chi connectivity index (χ3v) is 4.88. The van der Waals surface area contributed by atoms with Gasteiger partial charge < -0.3 is 15.4 Å². The summed E-state index contributed by atoms with van der Waals surface area (Å²) in [4.78, 5) is 6.74. The lowest BCUT2D eigenvalue weighted by molar-refractivity contribution is -0.0946. The van der Waals surface area contributed by atoms with Crippen molar-refractivity contribution >= 4 is 5.96 Å². The smallest absolute Gasteiger partial charge is 0.191 e. The van der Waals surface area contributed by atoms with Crippen molar-refractivity contribution in [2.45, 2.75) is 58.9 Å². The number of morpholine rings is 1. The number of aryl methyl sites for hydroxylation is 1. The molecule has 0 saturated carbocycles. The molecule has 0 amide bonds. The van der Waals surface area contributed by atoms with Crippen LogP contribution in [0.5, 0.6) is 0 Å². The van der Waals surface area contributed by atoms with Gasteiger partial charge in [0.25, 0.3) is 0 Å². The Kier molecular flexibility index (Phi) is 7.01. The van der Waals surface area contributed by atoms with Gasteiger partial charge in [0, 0.05) is 38.8 Å². The van der Waals surface area contributed by atoms with E-state index in [9.17, 15) is 4.39 Å². The second-order valence-electron chi connectivity index (χ2n) is 7.84. The molecule has 1 aliphatic rings. The number of guanidine groups is 1. The van der Waals surface area contributed by atoms with E-state index in [1.165, 1.54) is 0 Å². The van der Waals surface area contributed by atoms with Crippen molar-refractivity contribution in [2.24, 2.45) is 4.99 Å². The standard InChI is InChI=1S/C20H33FN4O/c1-14-7-8-17(9-18(14)21)10-23-19(22-6)24-13-20(4,5)25-11-15(2)26-16(3)12-25/h7-9,15-16H,10-13H2,1-6H3,(H2,22,23,24). The minimum atomic E-state index is -0.177. The molecule has 2 unspecified atom stereocenters. The monoisotopic (exact) mass is 364 g/mol. The predicted octanol–water partition coefficient (Wildman–Crippen LogP) is 2.69. The van der Waals surface area contributed by atoms with Crippen molar-refractivity contribution in [3.63, 3.8) is 0 Å². The van der Waals surface area contributed by atoms with Crippen LogP contribution in [0.4, 0.5) is 4.39 Å². The highest BCUT2D eigenvalue weighted by molar-refractivity contribution is 5.79. The third-order valence-electron chi connectivity index (χ3n) is 4.88. The van der Waals surface area contributed by atoms with Crippen LogP contribution in [0.25, 0.3) is 0 Å². The van der Waals surface area contributed by atoms with Gasteiger partial charge in [0.05, 0.1) is 12.2 Å². The highest BCUT2D eigenvalue weighted by Gasteiger charge is 2.33. The second kappa shape index (κ2) is 8.82. The molecule has 146 valence electrons.